The van der Waals surface area contributed by atoms with Gasteiger partial charge in [-0.05, 0) is 18.2 Å². The molecule has 16 heavy (non-hydrogen) atoms. The Morgan fingerprint density at radius 1 is 1.31 bits per heavy atom. The van der Waals surface area contributed by atoms with Crippen molar-refractivity contribution in [3.63, 3.8) is 0 Å². The number of halogens is 2. The molecule has 6 heteroatoms. The monoisotopic (exact) mass is 256 g/mol. The quantitative estimate of drug-likeness (QED) is 0.825. The topological polar surface area (TPSA) is 66.2 Å². The summed E-state index contributed by atoms with van der Waals surface area (Å²) < 4.78 is 4.83. The highest BCUT2D eigenvalue weighted by Gasteiger charge is 2.10. The predicted molar refractivity (Wildman–Crippen MR) is 56.3 cm³/mol. The molecule has 0 N–H and O–H groups in total. The van der Waals surface area contributed by atoms with E-state index in [0.717, 1.165) is 0 Å². The summed E-state index contributed by atoms with van der Waals surface area (Å²) in [5.41, 5.74) is 0.243. The van der Waals surface area contributed by atoms with Gasteiger partial charge in [0.2, 0.25) is 0 Å². The summed E-state index contributed by atoms with van der Waals surface area (Å²) in [6.07, 6.45) is 0. The third-order valence-corrected chi connectivity index (χ3v) is 2.46. The fraction of sp³-hybridized carbons (Fsp3) is 0. The lowest BCUT2D eigenvalue weighted by Crippen LogP contribution is -2.22. The second kappa shape index (κ2) is 4.15. The van der Waals surface area contributed by atoms with Crippen LogP contribution in [0.25, 0.3) is 11.3 Å². The standard InChI is InChI=1S/C10H5Cl2NO3/c11-5-1-2-6(7(12)3-5)9-4-8(10(14)15)13-16-9/h1-4H,(H,14,15)/p-1. The average Bonchev–Trinajstić information content (AvgIpc) is 2.66. The molecule has 2 rings (SSSR count). The number of carboxylic acid groups (broad SMARTS) is 1. The molecule has 0 aliphatic rings. The van der Waals surface area contributed by atoms with Crippen LogP contribution in [0, 0.1) is 0 Å². The molecule has 0 bridgehead atoms. The van der Waals surface area contributed by atoms with E-state index >= 15 is 0 Å². The molecule has 0 fully saturated rings. The molecule has 0 atom stereocenters. The van der Waals surface area contributed by atoms with E-state index in [1.807, 2.05) is 0 Å². The van der Waals surface area contributed by atoms with Crippen LogP contribution < -0.4 is 5.11 Å². The van der Waals surface area contributed by atoms with E-state index in [1.165, 1.54) is 12.1 Å². The predicted octanol–water partition coefficient (Wildman–Crippen LogP) is 2.01. The molecular formula is C10H4Cl2NO3-. The van der Waals surface area contributed by atoms with E-state index in [4.69, 9.17) is 27.7 Å². The molecular weight excluding hydrogens is 253 g/mol. The molecule has 1 aromatic heterocycles. The van der Waals surface area contributed by atoms with Gasteiger partial charge in [0.1, 0.15) is 5.69 Å². The van der Waals surface area contributed by atoms with Gasteiger partial charge < -0.3 is 14.4 Å². The van der Waals surface area contributed by atoms with Gasteiger partial charge in [0.25, 0.3) is 0 Å². The molecule has 0 aliphatic carbocycles. The zero-order valence-electron chi connectivity index (χ0n) is 7.74. The summed E-state index contributed by atoms with van der Waals surface area (Å²) in [4.78, 5) is 10.5. The largest absolute Gasteiger partial charge is 0.543 e. The minimum absolute atomic E-state index is 0.251. The molecule has 0 radical (unpaired) electrons. The Morgan fingerprint density at radius 2 is 2.06 bits per heavy atom. The minimum Gasteiger partial charge on any atom is -0.543 e. The first kappa shape index (κ1) is 11.0. The number of hydrogen-bond acceptors (Lipinski definition) is 4. The summed E-state index contributed by atoms with van der Waals surface area (Å²) in [7, 11) is 0. The lowest BCUT2D eigenvalue weighted by atomic mass is 10.1. The number of carbonyl (C=O) groups is 1. The Labute approximate surface area is 100 Å². The fourth-order valence-corrected chi connectivity index (χ4v) is 1.69. The maximum Gasteiger partial charge on any atom is 0.169 e. The third kappa shape index (κ3) is 2.03. The van der Waals surface area contributed by atoms with E-state index in [0.29, 0.717) is 15.6 Å². The van der Waals surface area contributed by atoms with Gasteiger partial charge in [-0.3, -0.25) is 0 Å². The van der Waals surface area contributed by atoms with Crippen LogP contribution in [0.1, 0.15) is 10.5 Å². The van der Waals surface area contributed by atoms with Crippen molar-refractivity contribution in [1.82, 2.24) is 5.16 Å². The van der Waals surface area contributed by atoms with Gasteiger partial charge in [0.05, 0.1) is 11.0 Å². The van der Waals surface area contributed by atoms with Crippen molar-refractivity contribution in [3.05, 3.63) is 40.0 Å². The summed E-state index contributed by atoms with van der Waals surface area (Å²) in [6, 6.07) is 6.00. The van der Waals surface area contributed by atoms with Crippen molar-refractivity contribution in [3.8, 4) is 11.3 Å². The molecule has 4 nitrogen and oxygen atoms in total. The van der Waals surface area contributed by atoms with Crippen molar-refractivity contribution >= 4 is 29.2 Å². The summed E-state index contributed by atoms with van der Waals surface area (Å²) in [6.45, 7) is 0. The first-order chi connectivity index (χ1) is 7.58. The van der Waals surface area contributed by atoms with Gasteiger partial charge in [-0.15, -0.1) is 0 Å². The molecule has 0 unspecified atom stereocenters. The van der Waals surface area contributed by atoms with Crippen molar-refractivity contribution in [2.24, 2.45) is 0 Å². The van der Waals surface area contributed by atoms with Gasteiger partial charge in [0, 0.05) is 16.7 Å². The summed E-state index contributed by atoms with van der Waals surface area (Å²) >= 11 is 11.6. The van der Waals surface area contributed by atoms with Crippen LogP contribution in [-0.2, 0) is 0 Å². The van der Waals surface area contributed by atoms with Crippen LogP contribution in [0.15, 0.2) is 28.8 Å². The number of nitrogens with zero attached hydrogens (tertiary/aromatic N) is 1. The molecule has 82 valence electrons. The van der Waals surface area contributed by atoms with Crippen LogP contribution in [0.3, 0.4) is 0 Å². The van der Waals surface area contributed by atoms with Gasteiger partial charge in [0.15, 0.2) is 5.76 Å². The van der Waals surface area contributed by atoms with Crippen molar-refractivity contribution in [1.29, 1.82) is 0 Å². The fourth-order valence-electron chi connectivity index (χ4n) is 1.19. The maximum absolute atomic E-state index is 10.5. The number of rotatable bonds is 2. The molecule has 1 heterocycles. The first-order valence-corrected chi connectivity index (χ1v) is 4.97. The highest BCUT2D eigenvalue weighted by Crippen LogP contribution is 2.30. The van der Waals surface area contributed by atoms with Crippen molar-refractivity contribution in [2.75, 3.05) is 0 Å². The summed E-state index contributed by atoms with van der Waals surface area (Å²) in [5, 5.41) is 14.7. The highest BCUT2D eigenvalue weighted by molar-refractivity contribution is 6.36. The lowest BCUT2D eigenvalue weighted by Gasteiger charge is -1.99. The maximum atomic E-state index is 10.5. The number of aromatic nitrogens is 1. The molecule has 0 spiro atoms. The van der Waals surface area contributed by atoms with Gasteiger partial charge >= 0.3 is 0 Å². The van der Waals surface area contributed by atoms with E-state index in [-0.39, 0.29) is 11.5 Å². The molecule has 2 aromatic rings. The molecule has 0 aliphatic heterocycles. The molecule has 1 aromatic carbocycles. The lowest BCUT2D eigenvalue weighted by molar-refractivity contribution is -0.255. The molecule has 0 amide bonds. The Morgan fingerprint density at radius 3 is 2.62 bits per heavy atom. The SMILES string of the molecule is O=C([O-])c1cc(-c2ccc(Cl)cc2Cl)on1. The number of benzene rings is 1. The Hall–Kier alpha value is -1.52. The molecule has 0 saturated carbocycles. The molecule has 0 saturated heterocycles. The minimum atomic E-state index is -1.40. The number of hydrogen-bond donors (Lipinski definition) is 0. The van der Waals surface area contributed by atoms with Gasteiger partial charge in [-0.1, -0.05) is 28.4 Å². The van der Waals surface area contributed by atoms with Crippen LogP contribution in [0.2, 0.25) is 10.0 Å². The average molecular weight is 257 g/mol. The summed E-state index contributed by atoms with van der Waals surface area (Å²) in [5.74, 6) is -1.15. The number of carboxylic acids is 1. The van der Waals surface area contributed by atoms with Crippen LogP contribution >= 0.6 is 23.2 Å². The van der Waals surface area contributed by atoms with Gasteiger partial charge in [-0.2, -0.15) is 0 Å². The normalized spacial score (nSPS) is 10.4. The van der Waals surface area contributed by atoms with E-state index < -0.39 is 5.97 Å². The Balaban J connectivity index is 2.46. The first-order valence-electron chi connectivity index (χ1n) is 4.21. The second-order valence-corrected chi connectivity index (χ2v) is 3.83. The van der Waals surface area contributed by atoms with Crippen LogP contribution in [-0.4, -0.2) is 11.1 Å². The highest BCUT2D eigenvalue weighted by atomic mass is 35.5. The third-order valence-electron chi connectivity index (χ3n) is 1.92. The van der Waals surface area contributed by atoms with Gasteiger partial charge in [-0.25, -0.2) is 0 Å². The second-order valence-electron chi connectivity index (χ2n) is 2.99. The van der Waals surface area contributed by atoms with Crippen molar-refractivity contribution < 1.29 is 14.4 Å². The number of aromatic carboxylic acids is 1. The number of carbonyl (C=O) groups excluding carboxylic acids is 1. The van der Waals surface area contributed by atoms with Crippen LogP contribution in [0.4, 0.5) is 0 Å². The Bertz CT molecular complexity index is 551. The van der Waals surface area contributed by atoms with E-state index in [1.54, 1.807) is 12.1 Å². The zero-order valence-corrected chi connectivity index (χ0v) is 9.25. The Kier molecular flexibility index (Phi) is 2.85. The zero-order chi connectivity index (χ0) is 11.7. The van der Waals surface area contributed by atoms with E-state index in [9.17, 15) is 9.90 Å². The smallest absolute Gasteiger partial charge is 0.169 e. The van der Waals surface area contributed by atoms with Crippen molar-refractivity contribution in [2.45, 2.75) is 0 Å². The van der Waals surface area contributed by atoms with E-state index in [2.05, 4.69) is 5.16 Å². The van der Waals surface area contributed by atoms with Crippen LogP contribution in [0.5, 0.6) is 0 Å².